The number of piperidine rings is 1. The number of hydrogen-bond acceptors (Lipinski definition) is 5. The lowest BCUT2D eigenvalue weighted by Gasteiger charge is -2.35. The smallest absolute Gasteiger partial charge is 0.276 e. The summed E-state index contributed by atoms with van der Waals surface area (Å²) in [5.74, 6) is -0.183. The average molecular weight is 364 g/mol. The number of furan rings is 1. The van der Waals surface area contributed by atoms with Gasteiger partial charge in [0.05, 0.1) is 12.2 Å². The zero-order valence-corrected chi connectivity index (χ0v) is 14.4. The van der Waals surface area contributed by atoms with E-state index in [1.165, 1.54) is 16.6 Å². The predicted molar refractivity (Wildman–Crippen MR) is 86.9 cm³/mol. The molecule has 2 fully saturated rings. The summed E-state index contributed by atoms with van der Waals surface area (Å²) < 4.78 is 31.4. The first-order valence-corrected chi connectivity index (χ1v) is 9.06. The van der Waals surface area contributed by atoms with Gasteiger partial charge in [-0.15, -0.1) is 12.4 Å². The van der Waals surface area contributed by atoms with Crippen LogP contribution < -0.4 is 5.32 Å². The van der Waals surface area contributed by atoms with Gasteiger partial charge in [-0.2, -0.15) is 4.31 Å². The molecule has 130 valence electrons. The Balaban J connectivity index is 0.00000192. The molecular formula is C14H22ClN3O4S. The second kappa shape index (κ2) is 7.65. The fourth-order valence-corrected chi connectivity index (χ4v) is 4.47. The van der Waals surface area contributed by atoms with E-state index in [1.807, 2.05) is 4.90 Å². The van der Waals surface area contributed by atoms with Crippen LogP contribution in [0.2, 0.25) is 0 Å². The lowest BCUT2D eigenvalue weighted by atomic mass is 9.98. The van der Waals surface area contributed by atoms with Crippen molar-refractivity contribution in [2.75, 3.05) is 39.3 Å². The first-order valence-electron chi connectivity index (χ1n) is 7.62. The number of carbonyl (C=O) groups is 1. The number of amides is 1. The Labute approximate surface area is 142 Å². The Morgan fingerprint density at radius 3 is 2.65 bits per heavy atom. The number of nitrogens with one attached hydrogen (secondary N) is 1. The number of halogens is 1. The van der Waals surface area contributed by atoms with Crippen molar-refractivity contribution in [1.82, 2.24) is 14.5 Å². The third-order valence-corrected chi connectivity index (χ3v) is 6.00. The van der Waals surface area contributed by atoms with Crippen molar-refractivity contribution in [1.29, 1.82) is 0 Å². The maximum atomic E-state index is 12.6. The number of piperazine rings is 1. The molecule has 3 rings (SSSR count). The van der Waals surface area contributed by atoms with Gasteiger partial charge in [0, 0.05) is 39.3 Å². The summed E-state index contributed by atoms with van der Waals surface area (Å²) in [6.45, 7) is 3.67. The van der Waals surface area contributed by atoms with Crippen LogP contribution in [0.25, 0.3) is 0 Å². The molecule has 1 N–H and O–H groups in total. The third kappa shape index (κ3) is 3.88. The molecule has 1 aromatic rings. The van der Waals surface area contributed by atoms with Gasteiger partial charge in [0.1, 0.15) is 0 Å². The lowest BCUT2D eigenvalue weighted by Crippen LogP contribution is -2.51. The van der Waals surface area contributed by atoms with Crippen LogP contribution in [0.5, 0.6) is 0 Å². The second-order valence-corrected chi connectivity index (χ2v) is 7.58. The molecular weight excluding hydrogens is 342 g/mol. The molecule has 0 radical (unpaired) electrons. The summed E-state index contributed by atoms with van der Waals surface area (Å²) in [5, 5.41) is 3.16. The molecule has 9 heteroatoms. The number of nitrogens with zero attached hydrogens (tertiary/aromatic N) is 2. The van der Waals surface area contributed by atoms with Crippen molar-refractivity contribution in [3.05, 3.63) is 18.4 Å². The molecule has 1 atom stereocenters. The fourth-order valence-electron chi connectivity index (χ4n) is 3.04. The molecule has 2 saturated heterocycles. The zero-order chi connectivity index (χ0) is 15.6. The Morgan fingerprint density at radius 1 is 1.26 bits per heavy atom. The van der Waals surface area contributed by atoms with E-state index in [4.69, 9.17) is 4.42 Å². The second-order valence-electron chi connectivity index (χ2n) is 5.71. The fraction of sp³-hybridized carbons (Fsp3) is 0.643. The van der Waals surface area contributed by atoms with Gasteiger partial charge >= 0.3 is 0 Å². The normalized spacial score (nSPS) is 23.3. The van der Waals surface area contributed by atoms with Gasteiger partial charge in [-0.1, -0.05) is 0 Å². The van der Waals surface area contributed by atoms with E-state index in [0.29, 0.717) is 26.1 Å². The van der Waals surface area contributed by atoms with E-state index in [2.05, 4.69) is 5.32 Å². The monoisotopic (exact) mass is 363 g/mol. The molecule has 23 heavy (non-hydrogen) atoms. The summed E-state index contributed by atoms with van der Waals surface area (Å²) >= 11 is 0. The van der Waals surface area contributed by atoms with Crippen molar-refractivity contribution >= 4 is 28.3 Å². The van der Waals surface area contributed by atoms with Crippen LogP contribution >= 0.6 is 12.4 Å². The number of hydrogen-bond donors (Lipinski definition) is 1. The summed E-state index contributed by atoms with van der Waals surface area (Å²) in [7, 11) is -3.63. The summed E-state index contributed by atoms with van der Waals surface area (Å²) in [6, 6.07) is 3.00. The van der Waals surface area contributed by atoms with Gasteiger partial charge in [0.25, 0.3) is 10.0 Å². The Kier molecular flexibility index (Phi) is 6.07. The van der Waals surface area contributed by atoms with Crippen molar-refractivity contribution < 1.29 is 17.6 Å². The molecule has 7 nitrogen and oxygen atoms in total. The van der Waals surface area contributed by atoms with Gasteiger partial charge in [0.2, 0.25) is 11.0 Å². The first-order chi connectivity index (χ1) is 10.6. The molecule has 0 aliphatic carbocycles. The molecule has 0 bridgehead atoms. The highest BCUT2D eigenvalue weighted by Gasteiger charge is 2.36. The summed E-state index contributed by atoms with van der Waals surface area (Å²) in [4.78, 5) is 14.4. The van der Waals surface area contributed by atoms with E-state index in [0.717, 1.165) is 19.5 Å². The summed E-state index contributed by atoms with van der Waals surface area (Å²) in [6.07, 6.45) is 2.79. The quantitative estimate of drug-likeness (QED) is 0.847. The zero-order valence-electron chi connectivity index (χ0n) is 12.8. The lowest BCUT2D eigenvalue weighted by molar-refractivity contribution is -0.137. The van der Waals surface area contributed by atoms with Crippen LogP contribution in [0.3, 0.4) is 0 Å². The van der Waals surface area contributed by atoms with Crippen molar-refractivity contribution in [3.8, 4) is 0 Å². The molecule has 0 saturated carbocycles. The Hall–Kier alpha value is -1.09. The molecule has 2 aliphatic rings. The van der Waals surface area contributed by atoms with Gasteiger partial charge < -0.3 is 14.6 Å². The van der Waals surface area contributed by atoms with Gasteiger partial charge in [-0.25, -0.2) is 8.42 Å². The topological polar surface area (TPSA) is 82.9 Å². The largest absolute Gasteiger partial charge is 0.452 e. The van der Waals surface area contributed by atoms with E-state index in [-0.39, 0.29) is 35.9 Å². The van der Waals surface area contributed by atoms with E-state index < -0.39 is 10.0 Å². The van der Waals surface area contributed by atoms with Crippen LogP contribution in [0.15, 0.2) is 27.9 Å². The highest BCUT2D eigenvalue weighted by molar-refractivity contribution is 7.89. The van der Waals surface area contributed by atoms with Gasteiger partial charge in [0.15, 0.2) is 0 Å². The van der Waals surface area contributed by atoms with E-state index in [9.17, 15) is 13.2 Å². The molecule has 1 unspecified atom stereocenters. The van der Waals surface area contributed by atoms with Crippen LogP contribution in [0.1, 0.15) is 12.8 Å². The minimum Gasteiger partial charge on any atom is -0.452 e. The average Bonchev–Trinajstić information content (AvgIpc) is 3.10. The van der Waals surface area contributed by atoms with Gasteiger partial charge in [-0.3, -0.25) is 4.79 Å². The number of sulfonamides is 1. The molecule has 1 amide bonds. The van der Waals surface area contributed by atoms with Crippen LogP contribution in [-0.2, 0) is 14.8 Å². The third-order valence-electron chi connectivity index (χ3n) is 4.25. The standard InChI is InChI=1S/C14H21N3O4S.ClH/c18-14(16-8-5-15-6-9-16)12-3-1-7-17(11-12)22(19,20)13-4-2-10-21-13;/h2,4,10,12,15H,1,3,5-9,11H2;1H. The van der Waals surface area contributed by atoms with Crippen LogP contribution in [0.4, 0.5) is 0 Å². The van der Waals surface area contributed by atoms with Crippen molar-refractivity contribution in [3.63, 3.8) is 0 Å². The van der Waals surface area contributed by atoms with Crippen LogP contribution in [-0.4, -0.2) is 62.8 Å². The molecule has 2 aliphatic heterocycles. The Bertz CT molecular complexity index is 614. The first kappa shape index (κ1) is 18.3. The maximum absolute atomic E-state index is 12.6. The predicted octanol–water partition coefficient (Wildman–Crippen LogP) is 0.534. The highest BCUT2D eigenvalue weighted by atomic mass is 35.5. The SMILES string of the molecule is Cl.O=C(C1CCCN(S(=O)(=O)c2ccco2)C1)N1CCNCC1. The molecule has 3 heterocycles. The number of carbonyl (C=O) groups excluding carboxylic acids is 1. The highest BCUT2D eigenvalue weighted by Crippen LogP contribution is 2.25. The molecule has 1 aromatic heterocycles. The van der Waals surface area contributed by atoms with E-state index >= 15 is 0 Å². The number of rotatable bonds is 3. The summed E-state index contributed by atoms with van der Waals surface area (Å²) in [5.41, 5.74) is 0. The van der Waals surface area contributed by atoms with Crippen LogP contribution in [0, 0.1) is 5.92 Å². The molecule has 0 aromatic carbocycles. The van der Waals surface area contributed by atoms with E-state index in [1.54, 1.807) is 6.07 Å². The molecule has 0 spiro atoms. The van der Waals surface area contributed by atoms with Gasteiger partial charge in [-0.05, 0) is 25.0 Å². The van der Waals surface area contributed by atoms with Crippen molar-refractivity contribution in [2.45, 2.75) is 17.9 Å². The maximum Gasteiger partial charge on any atom is 0.276 e. The Morgan fingerprint density at radius 2 is 2.00 bits per heavy atom. The van der Waals surface area contributed by atoms with Crippen molar-refractivity contribution in [2.24, 2.45) is 5.92 Å². The minimum absolute atomic E-state index is 0. The minimum atomic E-state index is -3.63.